The highest BCUT2D eigenvalue weighted by atomic mass is 16.7. The van der Waals surface area contributed by atoms with Crippen molar-refractivity contribution >= 4 is 0 Å². The zero-order valence-electron chi connectivity index (χ0n) is 10.2. The molecular formula is C15H18O2. The summed E-state index contributed by atoms with van der Waals surface area (Å²) in [6, 6.07) is 5.89. The van der Waals surface area contributed by atoms with Gasteiger partial charge in [-0.05, 0) is 43.0 Å². The maximum absolute atomic E-state index is 5.81. The quantitative estimate of drug-likeness (QED) is 0.743. The summed E-state index contributed by atoms with van der Waals surface area (Å²) in [4.78, 5) is 0. The standard InChI is InChI=1S/C15H18O2/c1-3-12-8-9-14(11-13(12)4-2)17-15-7-5-6-10-16-15/h1,8-9,11,15H,4-7,10H2,2H3. The first-order valence-corrected chi connectivity index (χ1v) is 6.21. The molecule has 1 aliphatic rings. The van der Waals surface area contributed by atoms with Crippen LogP contribution in [0.4, 0.5) is 0 Å². The minimum Gasteiger partial charge on any atom is -0.465 e. The van der Waals surface area contributed by atoms with E-state index in [-0.39, 0.29) is 6.29 Å². The Morgan fingerprint density at radius 2 is 2.35 bits per heavy atom. The van der Waals surface area contributed by atoms with Crippen LogP contribution in [-0.2, 0) is 11.2 Å². The molecule has 1 saturated heterocycles. The number of hydrogen-bond donors (Lipinski definition) is 0. The number of benzene rings is 1. The Morgan fingerprint density at radius 1 is 1.47 bits per heavy atom. The van der Waals surface area contributed by atoms with E-state index in [9.17, 15) is 0 Å². The van der Waals surface area contributed by atoms with Crippen molar-refractivity contribution in [1.82, 2.24) is 0 Å². The highest BCUT2D eigenvalue weighted by molar-refractivity contribution is 5.44. The SMILES string of the molecule is C#Cc1ccc(OC2CCCCO2)cc1CC. The van der Waals surface area contributed by atoms with E-state index in [1.165, 1.54) is 6.42 Å². The minimum atomic E-state index is -0.0925. The molecule has 0 aliphatic carbocycles. The third-order valence-electron chi connectivity index (χ3n) is 3.02. The van der Waals surface area contributed by atoms with Crippen molar-refractivity contribution < 1.29 is 9.47 Å². The second kappa shape index (κ2) is 5.75. The Balaban J connectivity index is 2.08. The van der Waals surface area contributed by atoms with Gasteiger partial charge in [0.1, 0.15) is 5.75 Å². The van der Waals surface area contributed by atoms with Gasteiger partial charge in [-0.25, -0.2) is 0 Å². The molecular weight excluding hydrogens is 212 g/mol. The molecule has 0 amide bonds. The van der Waals surface area contributed by atoms with E-state index < -0.39 is 0 Å². The van der Waals surface area contributed by atoms with Gasteiger partial charge in [-0.15, -0.1) is 6.42 Å². The molecule has 0 saturated carbocycles. The molecule has 0 radical (unpaired) electrons. The molecule has 1 unspecified atom stereocenters. The zero-order chi connectivity index (χ0) is 12.1. The topological polar surface area (TPSA) is 18.5 Å². The normalized spacial score (nSPS) is 19.6. The number of ether oxygens (including phenoxy) is 2. The third-order valence-corrected chi connectivity index (χ3v) is 3.02. The number of terminal acetylenes is 1. The Hall–Kier alpha value is -1.46. The first-order valence-electron chi connectivity index (χ1n) is 6.21. The number of aryl methyl sites for hydroxylation is 1. The first kappa shape index (κ1) is 12.0. The highest BCUT2D eigenvalue weighted by Crippen LogP contribution is 2.22. The van der Waals surface area contributed by atoms with Crippen molar-refractivity contribution in [1.29, 1.82) is 0 Å². The maximum Gasteiger partial charge on any atom is 0.199 e. The summed E-state index contributed by atoms with van der Waals surface area (Å²) >= 11 is 0. The summed E-state index contributed by atoms with van der Waals surface area (Å²) in [5.41, 5.74) is 2.10. The lowest BCUT2D eigenvalue weighted by molar-refractivity contribution is -0.105. The van der Waals surface area contributed by atoms with Crippen molar-refractivity contribution in [2.75, 3.05) is 6.61 Å². The predicted molar refractivity (Wildman–Crippen MR) is 68.0 cm³/mol. The van der Waals surface area contributed by atoms with Crippen molar-refractivity contribution in [3.05, 3.63) is 29.3 Å². The fourth-order valence-electron chi connectivity index (χ4n) is 2.03. The van der Waals surface area contributed by atoms with Crippen LogP contribution in [-0.4, -0.2) is 12.9 Å². The molecule has 1 heterocycles. The molecule has 0 N–H and O–H groups in total. The van der Waals surface area contributed by atoms with Crippen molar-refractivity contribution in [2.45, 2.75) is 38.9 Å². The monoisotopic (exact) mass is 230 g/mol. The molecule has 2 heteroatoms. The Labute approximate surface area is 103 Å². The van der Waals surface area contributed by atoms with E-state index >= 15 is 0 Å². The summed E-state index contributed by atoms with van der Waals surface area (Å²) in [5, 5.41) is 0. The first-order chi connectivity index (χ1) is 8.33. The molecule has 1 atom stereocenters. The molecule has 1 aromatic rings. The average molecular weight is 230 g/mol. The third kappa shape index (κ3) is 3.01. The van der Waals surface area contributed by atoms with Gasteiger partial charge in [-0.2, -0.15) is 0 Å². The second-order valence-electron chi connectivity index (χ2n) is 4.23. The van der Waals surface area contributed by atoms with Gasteiger partial charge in [0, 0.05) is 12.0 Å². The molecule has 17 heavy (non-hydrogen) atoms. The number of hydrogen-bond acceptors (Lipinski definition) is 2. The smallest absolute Gasteiger partial charge is 0.199 e. The van der Waals surface area contributed by atoms with Crippen LogP contribution in [0, 0.1) is 12.3 Å². The summed E-state index contributed by atoms with van der Waals surface area (Å²) in [6.45, 7) is 2.89. The average Bonchev–Trinajstić information content (AvgIpc) is 2.40. The van der Waals surface area contributed by atoms with Gasteiger partial charge >= 0.3 is 0 Å². The fourth-order valence-corrected chi connectivity index (χ4v) is 2.03. The van der Waals surface area contributed by atoms with Gasteiger partial charge < -0.3 is 9.47 Å². The van der Waals surface area contributed by atoms with Gasteiger partial charge in [0.15, 0.2) is 6.29 Å². The van der Waals surface area contributed by atoms with E-state index in [2.05, 4.69) is 12.8 Å². The molecule has 90 valence electrons. The van der Waals surface area contributed by atoms with E-state index in [0.29, 0.717) is 0 Å². The van der Waals surface area contributed by atoms with Crippen molar-refractivity contribution in [3.63, 3.8) is 0 Å². The second-order valence-corrected chi connectivity index (χ2v) is 4.23. The van der Waals surface area contributed by atoms with Gasteiger partial charge in [0.25, 0.3) is 0 Å². The van der Waals surface area contributed by atoms with Crippen LogP contribution in [0.1, 0.15) is 37.3 Å². The summed E-state index contributed by atoms with van der Waals surface area (Å²) in [5.74, 6) is 3.54. The van der Waals surface area contributed by atoms with Gasteiger partial charge in [-0.3, -0.25) is 0 Å². The van der Waals surface area contributed by atoms with Gasteiger partial charge in [-0.1, -0.05) is 12.8 Å². The molecule has 2 rings (SSSR count). The summed E-state index contributed by atoms with van der Waals surface area (Å²) < 4.78 is 11.4. The molecule has 0 bridgehead atoms. The highest BCUT2D eigenvalue weighted by Gasteiger charge is 2.15. The molecule has 1 aromatic carbocycles. The molecule has 1 fully saturated rings. The van der Waals surface area contributed by atoms with E-state index in [1.807, 2.05) is 18.2 Å². The van der Waals surface area contributed by atoms with Gasteiger partial charge in [0.05, 0.1) is 6.61 Å². The van der Waals surface area contributed by atoms with Crippen LogP contribution >= 0.6 is 0 Å². The van der Waals surface area contributed by atoms with Crippen LogP contribution in [0.25, 0.3) is 0 Å². The Kier molecular flexibility index (Phi) is 4.06. The zero-order valence-corrected chi connectivity index (χ0v) is 10.2. The molecule has 0 aromatic heterocycles. The maximum atomic E-state index is 5.81. The summed E-state index contributed by atoms with van der Waals surface area (Å²) in [7, 11) is 0. The predicted octanol–water partition coefficient (Wildman–Crippen LogP) is 3.14. The van der Waals surface area contributed by atoms with E-state index in [1.54, 1.807) is 0 Å². The van der Waals surface area contributed by atoms with Gasteiger partial charge in [0.2, 0.25) is 0 Å². The van der Waals surface area contributed by atoms with Crippen LogP contribution in [0.3, 0.4) is 0 Å². The lowest BCUT2D eigenvalue weighted by Crippen LogP contribution is -2.25. The van der Waals surface area contributed by atoms with Crippen LogP contribution in [0.15, 0.2) is 18.2 Å². The fraction of sp³-hybridized carbons (Fsp3) is 0.467. The lowest BCUT2D eigenvalue weighted by Gasteiger charge is -2.23. The van der Waals surface area contributed by atoms with Crippen molar-refractivity contribution in [2.24, 2.45) is 0 Å². The van der Waals surface area contributed by atoms with E-state index in [4.69, 9.17) is 15.9 Å². The van der Waals surface area contributed by atoms with Crippen LogP contribution < -0.4 is 4.74 Å². The molecule has 1 aliphatic heterocycles. The Bertz CT molecular complexity index is 411. The van der Waals surface area contributed by atoms with Crippen LogP contribution in [0.2, 0.25) is 0 Å². The minimum absolute atomic E-state index is 0.0925. The molecule has 2 nitrogen and oxygen atoms in total. The lowest BCUT2D eigenvalue weighted by atomic mass is 10.1. The molecule has 0 spiro atoms. The number of rotatable bonds is 3. The largest absolute Gasteiger partial charge is 0.465 e. The van der Waals surface area contributed by atoms with Crippen molar-refractivity contribution in [3.8, 4) is 18.1 Å². The van der Waals surface area contributed by atoms with E-state index in [0.717, 1.165) is 42.7 Å². The van der Waals surface area contributed by atoms with Crippen LogP contribution in [0.5, 0.6) is 5.75 Å². The Morgan fingerprint density at radius 3 is 3.00 bits per heavy atom. The summed E-state index contributed by atoms with van der Waals surface area (Å²) in [6.07, 6.45) is 9.55.